The Labute approximate surface area is 118 Å². The molecule has 1 heterocycles. The van der Waals surface area contributed by atoms with Gasteiger partial charge in [0.05, 0.1) is 17.7 Å². The largest absolute Gasteiger partial charge is 0.401 e. The normalized spacial score (nSPS) is 32.9. The number of hydrogen-bond donors (Lipinski definition) is 1. The van der Waals surface area contributed by atoms with Crippen molar-refractivity contribution >= 4 is 0 Å². The lowest BCUT2D eigenvalue weighted by Crippen LogP contribution is -2.50. The molecular formula is C14H25F3N2O. The molecule has 1 aliphatic heterocycles. The zero-order chi connectivity index (χ0) is 15.3. The zero-order valence-electron chi connectivity index (χ0n) is 12.6. The number of hydrogen-bond acceptors (Lipinski definition) is 3. The van der Waals surface area contributed by atoms with E-state index in [9.17, 15) is 13.2 Å². The van der Waals surface area contributed by atoms with E-state index >= 15 is 0 Å². The zero-order valence-corrected chi connectivity index (χ0v) is 12.6. The van der Waals surface area contributed by atoms with Gasteiger partial charge in [-0.3, -0.25) is 4.90 Å². The first-order valence-corrected chi connectivity index (χ1v) is 7.19. The minimum atomic E-state index is -4.16. The predicted octanol–water partition coefficient (Wildman–Crippen LogP) is 2.54. The second-order valence-electron chi connectivity index (χ2n) is 7.22. The fraction of sp³-hybridized carbons (Fsp3) is 1.00. The standard InChI is InChI=1S/C14H25F3N2O/c1-12(2)10(11(18)13(3,4)20-12)7-19(9-5-6-9)8-14(15,16)17/h9-11H,5-8,18H2,1-4H3. The summed E-state index contributed by atoms with van der Waals surface area (Å²) in [6, 6.07) is -0.199. The molecule has 0 bridgehead atoms. The van der Waals surface area contributed by atoms with Gasteiger partial charge in [0.1, 0.15) is 0 Å². The molecule has 0 amide bonds. The topological polar surface area (TPSA) is 38.5 Å². The molecule has 2 N–H and O–H groups in total. The third-order valence-electron chi connectivity index (χ3n) is 4.53. The van der Waals surface area contributed by atoms with E-state index in [0.717, 1.165) is 12.8 Å². The Morgan fingerprint density at radius 3 is 2.05 bits per heavy atom. The highest BCUT2D eigenvalue weighted by molar-refractivity contribution is 5.05. The summed E-state index contributed by atoms with van der Waals surface area (Å²) in [5.41, 5.74) is 5.24. The van der Waals surface area contributed by atoms with Crippen molar-refractivity contribution in [2.45, 2.75) is 70.0 Å². The molecule has 1 saturated heterocycles. The monoisotopic (exact) mass is 294 g/mol. The van der Waals surface area contributed by atoms with Crippen LogP contribution in [0.2, 0.25) is 0 Å². The van der Waals surface area contributed by atoms with Gasteiger partial charge in [-0.05, 0) is 40.5 Å². The van der Waals surface area contributed by atoms with Crippen molar-refractivity contribution in [1.29, 1.82) is 0 Å². The Morgan fingerprint density at radius 2 is 1.70 bits per heavy atom. The van der Waals surface area contributed by atoms with Crippen LogP contribution in [0.5, 0.6) is 0 Å². The summed E-state index contributed by atoms with van der Waals surface area (Å²) in [5.74, 6) is -0.0968. The molecule has 2 rings (SSSR count). The van der Waals surface area contributed by atoms with E-state index in [1.54, 1.807) is 0 Å². The van der Waals surface area contributed by atoms with Crippen LogP contribution < -0.4 is 5.73 Å². The van der Waals surface area contributed by atoms with Crippen molar-refractivity contribution in [2.75, 3.05) is 13.1 Å². The van der Waals surface area contributed by atoms with Crippen molar-refractivity contribution < 1.29 is 17.9 Å². The third-order valence-corrected chi connectivity index (χ3v) is 4.53. The summed E-state index contributed by atoms with van der Waals surface area (Å²) in [6.07, 6.45) is -2.46. The molecule has 0 aromatic carbocycles. The lowest BCUT2D eigenvalue weighted by molar-refractivity contribution is -0.150. The minimum absolute atomic E-state index is 0.0586. The van der Waals surface area contributed by atoms with Crippen LogP contribution in [0.4, 0.5) is 13.2 Å². The van der Waals surface area contributed by atoms with Gasteiger partial charge in [-0.15, -0.1) is 0 Å². The summed E-state index contributed by atoms with van der Waals surface area (Å²) >= 11 is 0. The van der Waals surface area contributed by atoms with E-state index < -0.39 is 23.9 Å². The van der Waals surface area contributed by atoms with Crippen molar-refractivity contribution in [2.24, 2.45) is 11.7 Å². The van der Waals surface area contributed by atoms with E-state index in [4.69, 9.17) is 10.5 Å². The number of alkyl halides is 3. The van der Waals surface area contributed by atoms with E-state index in [-0.39, 0.29) is 18.0 Å². The van der Waals surface area contributed by atoms with Crippen LogP contribution in [-0.4, -0.2) is 47.5 Å². The molecule has 6 heteroatoms. The van der Waals surface area contributed by atoms with Crippen molar-refractivity contribution in [3.63, 3.8) is 0 Å². The molecule has 0 aromatic heterocycles. The molecule has 1 saturated carbocycles. The molecule has 1 aliphatic carbocycles. The molecule has 2 unspecified atom stereocenters. The van der Waals surface area contributed by atoms with Crippen LogP contribution in [0.3, 0.4) is 0 Å². The second-order valence-corrected chi connectivity index (χ2v) is 7.22. The van der Waals surface area contributed by atoms with Crippen LogP contribution in [0, 0.1) is 5.92 Å². The third kappa shape index (κ3) is 3.46. The van der Waals surface area contributed by atoms with Gasteiger partial charge in [-0.2, -0.15) is 13.2 Å². The Hall–Kier alpha value is -0.330. The maximum absolute atomic E-state index is 12.7. The molecule has 20 heavy (non-hydrogen) atoms. The van der Waals surface area contributed by atoms with Crippen molar-refractivity contribution in [3.05, 3.63) is 0 Å². The van der Waals surface area contributed by atoms with Gasteiger partial charge < -0.3 is 10.5 Å². The van der Waals surface area contributed by atoms with Crippen molar-refractivity contribution in [1.82, 2.24) is 4.90 Å². The maximum Gasteiger partial charge on any atom is 0.401 e. The molecule has 0 aromatic rings. The summed E-state index contributed by atoms with van der Waals surface area (Å²) < 4.78 is 44.1. The lowest BCUT2D eigenvalue weighted by atomic mass is 9.82. The highest BCUT2D eigenvalue weighted by Gasteiger charge is 2.53. The Bertz CT molecular complexity index is 364. The summed E-state index contributed by atoms with van der Waals surface area (Å²) in [5, 5.41) is 0. The van der Waals surface area contributed by atoms with Gasteiger partial charge in [0.15, 0.2) is 0 Å². The Kier molecular flexibility index (Phi) is 3.89. The fourth-order valence-corrected chi connectivity index (χ4v) is 3.34. The predicted molar refractivity (Wildman–Crippen MR) is 71.4 cm³/mol. The summed E-state index contributed by atoms with van der Waals surface area (Å²) in [7, 11) is 0. The van der Waals surface area contributed by atoms with E-state index in [2.05, 4.69) is 0 Å². The number of nitrogens with two attached hydrogens (primary N) is 1. The highest BCUT2D eigenvalue weighted by atomic mass is 19.4. The molecule has 118 valence electrons. The van der Waals surface area contributed by atoms with Gasteiger partial charge in [-0.25, -0.2) is 0 Å². The van der Waals surface area contributed by atoms with E-state index in [1.165, 1.54) is 4.90 Å². The fourth-order valence-electron chi connectivity index (χ4n) is 3.34. The van der Waals surface area contributed by atoms with Gasteiger partial charge in [-0.1, -0.05) is 0 Å². The number of nitrogens with zero attached hydrogens (tertiary/aromatic N) is 1. The average Bonchev–Trinajstić information content (AvgIpc) is 3.00. The van der Waals surface area contributed by atoms with Crippen molar-refractivity contribution in [3.8, 4) is 0 Å². The minimum Gasteiger partial charge on any atom is -0.368 e. The maximum atomic E-state index is 12.7. The number of halogens is 3. The number of ether oxygens (including phenoxy) is 1. The summed E-state index contributed by atoms with van der Waals surface area (Å²) in [4.78, 5) is 1.54. The number of rotatable bonds is 4. The van der Waals surface area contributed by atoms with Gasteiger partial charge in [0.25, 0.3) is 0 Å². The van der Waals surface area contributed by atoms with Crippen LogP contribution in [0.1, 0.15) is 40.5 Å². The SMILES string of the molecule is CC1(C)OC(C)(C)C(CN(CC(F)(F)F)C2CC2)C1N. The van der Waals surface area contributed by atoms with Gasteiger partial charge in [0.2, 0.25) is 0 Å². The van der Waals surface area contributed by atoms with Crippen LogP contribution in [0.15, 0.2) is 0 Å². The molecular weight excluding hydrogens is 269 g/mol. The van der Waals surface area contributed by atoms with E-state index in [0.29, 0.717) is 6.54 Å². The Morgan fingerprint density at radius 1 is 1.15 bits per heavy atom. The van der Waals surface area contributed by atoms with E-state index in [1.807, 2.05) is 27.7 Å². The summed E-state index contributed by atoms with van der Waals surface area (Å²) in [6.45, 7) is 7.16. The first-order valence-electron chi connectivity index (χ1n) is 7.19. The van der Waals surface area contributed by atoms with Crippen LogP contribution >= 0.6 is 0 Å². The van der Waals surface area contributed by atoms with Crippen LogP contribution in [-0.2, 0) is 4.74 Å². The smallest absolute Gasteiger partial charge is 0.368 e. The average molecular weight is 294 g/mol. The van der Waals surface area contributed by atoms with Gasteiger partial charge in [0, 0.05) is 24.5 Å². The molecule has 2 aliphatic rings. The Balaban J connectivity index is 2.10. The highest BCUT2D eigenvalue weighted by Crippen LogP contribution is 2.43. The quantitative estimate of drug-likeness (QED) is 0.866. The molecule has 0 spiro atoms. The van der Waals surface area contributed by atoms with Crippen LogP contribution in [0.25, 0.3) is 0 Å². The molecule has 2 atom stereocenters. The first kappa shape index (κ1) is 16.0. The second kappa shape index (κ2) is 4.85. The van der Waals surface area contributed by atoms with Gasteiger partial charge >= 0.3 is 6.18 Å². The first-order chi connectivity index (χ1) is 8.92. The molecule has 3 nitrogen and oxygen atoms in total. The molecule has 2 fully saturated rings. The molecule has 0 radical (unpaired) electrons. The lowest BCUT2D eigenvalue weighted by Gasteiger charge is -2.33.